The number of nitrogens with one attached hydrogen (secondary N) is 1. The van der Waals surface area contributed by atoms with E-state index in [1.807, 2.05) is 13.2 Å². The molecule has 0 spiro atoms. The number of rotatable bonds is 8. The Bertz CT molecular complexity index is 530. The zero-order valence-electron chi connectivity index (χ0n) is 13.5. The van der Waals surface area contributed by atoms with Gasteiger partial charge in [0.15, 0.2) is 0 Å². The molecule has 2 rings (SSSR count). The number of methoxy groups -OCH3 is 1. The summed E-state index contributed by atoms with van der Waals surface area (Å²) in [4.78, 5) is 4.77. The number of benzene rings is 1. The van der Waals surface area contributed by atoms with E-state index < -0.39 is 0 Å². The summed E-state index contributed by atoms with van der Waals surface area (Å²) in [6, 6.07) is 8.62. The Balaban J connectivity index is 2.20. The van der Waals surface area contributed by atoms with Crippen molar-refractivity contribution in [3.05, 3.63) is 29.3 Å². The van der Waals surface area contributed by atoms with Crippen LogP contribution in [0.2, 0.25) is 0 Å². The fourth-order valence-corrected chi connectivity index (χ4v) is 3.55. The number of thiazole rings is 1. The average Bonchev–Trinajstić information content (AvgIpc) is 2.93. The molecule has 1 heterocycles. The van der Waals surface area contributed by atoms with Crippen LogP contribution in [0.1, 0.15) is 38.6 Å². The van der Waals surface area contributed by atoms with Gasteiger partial charge in [-0.3, -0.25) is 0 Å². The van der Waals surface area contributed by atoms with Crippen LogP contribution in [-0.2, 0) is 11.2 Å². The van der Waals surface area contributed by atoms with E-state index in [1.165, 1.54) is 9.71 Å². The molecule has 0 amide bonds. The minimum Gasteiger partial charge on any atom is -0.377 e. The van der Waals surface area contributed by atoms with Crippen LogP contribution in [0.3, 0.4) is 0 Å². The second-order valence-electron chi connectivity index (χ2n) is 5.66. The van der Waals surface area contributed by atoms with Crippen molar-refractivity contribution in [2.24, 2.45) is 0 Å². The fraction of sp³-hybridized carbons (Fsp3) is 0.588. The minimum absolute atomic E-state index is 0.160. The van der Waals surface area contributed by atoms with Crippen LogP contribution in [0.4, 0.5) is 0 Å². The van der Waals surface area contributed by atoms with Crippen LogP contribution < -0.4 is 5.32 Å². The first-order valence-electron chi connectivity index (χ1n) is 7.76. The highest BCUT2D eigenvalue weighted by Crippen LogP contribution is 2.27. The standard InChI is InChI=1S/C17H26N2OS/c1-5-11-18-15(17(3,6-2)20-4)12-16-19-13-9-7-8-10-14(13)21-16/h7-10,15,18H,5-6,11-12H2,1-4H3. The number of nitrogens with zero attached hydrogens (tertiary/aromatic N) is 1. The molecule has 0 saturated heterocycles. The number of para-hydroxylation sites is 1. The number of ether oxygens (including phenoxy) is 1. The molecular weight excluding hydrogens is 280 g/mol. The van der Waals surface area contributed by atoms with Gasteiger partial charge >= 0.3 is 0 Å². The first-order chi connectivity index (χ1) is 10.1. The molecule has 0 aliphatic heterocycles. The lowest BCUT2D eigenvalue weighted by molar-refractivity contribution is -0.0287. The molecule has 2 atom stereocenters. The molecule has 0 aliphatic carbocycles. The second-order valence-corrected chi connectivity index (χ2v) is 6.77. The molecular formula is C17H26N2OS. The maximum Gasteiger partial charge on any atom is 0.0955 e. The molecule has 116 valence electrons. The summed E-state index contributed by atoms with van der Waals surface area (Å²) in [5.41, 5.74) is 0.940. The highest BCUT2D eigenvalue weighted by Gasteiger charge is 2.32. The van der Waals surface area contributed by atoms with Gasteiger partial charge in [-0.1, -0.05) is 26.0 Å². The van der Waals surface area contributed by atoms with E-state index in [0.717, 1.165) is 31.3 Å². The summed E-state index contributed by atoms with van der Waals surface area (Å²) in [5.74, 6) is 0. The molecule has 0 saturated carbocycles. The van der Waals surface area contributed by atoms with Gasteiger partial charge in [-0.25, -0.2) is 4.98 Å². The monoisotopic (exact) mass is 306 g/mol. The Kier molecular flexibility index (Phi) is 5.73. The fourth-order valence-electron chi connectivity index (χ4n) is 2.54. The van der Waals surface area contributed by atoms with Crippen LogP contribution in [0.5, 0.6) is 0 Å². The van der Waals surface area contributed by atoms with Crippen LogP contribution >= 0.6 is 11.3 Å². The molecule has 4 heteroatoms. The van der Waals surface area contributed by atoms with Crippen molar-refractivity contribution in [2.45, 2.75) is 51.7 Å². The van der Waals surface area contributed by atoms with Gasteiger partial charge in [-0.05, 0) is 38.4 Å². The maximum atomic E-state index is 5.81. The molecule has 0 radical (unpaired) electrons. The summed E-state index contributed by atoms with van der Waals surface area (Å²) in [6.45, 7) is 7.57. The second kappa shape index (κ2) is 7.34. The molecule has 1 N–H and O–H groups in total. The third-order valence-corrected chi connectivity index (χ3v) is 5.32. The Morgan fingerprint density at radius 3 is 2.71 bits per heavy atom. The molecule has 0 bridgehead atoms. The minimum atomic E-state index is -0.160. The van der Waals surface area contributed by atoms with Crippen molar-refractivity contribution in [1.82, 2.24) is 10.3 Å². The van der Waals surface area contributed by atoms with Gasteiger partial charge in [0, 0.05) is 19.6 Å². The lowest BCUT2D eigenvalue weighted by atomic mass is 9.90. The van der Waals surface area contributed by atoms with Crippen LogP contribution in [0.25, 0.3) is 10.2 Å². The Morgan fingerprint density at radius 2 is 2.10 bits per heavy atom. The van der Waals surface area contributed by atoms with Crippen LogP contribution in [0.15, 0.2) is 24.3 Å². The first kappa shape index (κ1) is 16.4. The van der Waals surface area contributed by atoms with Gasteiger partial charge in [0.1, 0.15) is 0 Å². The first-order valence-corrected chi connectivity index (χ1v) is 8.57. The number of hydrogen-bond donors (Lipinski definition) is 1. The zero-order valence-corrected chi connectivity index (χ0v) is 14.3. The molecule has 2 unspecified atom stereocenters. The SMILES string of the molecule is CCCNC(Cc1nc2ccccc2s1)C(C)(CC)OC. The van der Waals surface area contributed by atoms with Crippen molar-refractivity contribution in [3.8, 4) is 0 Å². The maximum absolute atomic E-state index is 5.81. The van der Waals surface area contributed by atoms with Crippen LogP contribution in [0, 0.1) is 0 Å². The summed E-state index contributed by atoms with van der Waals surface area (Å²) in [6.07, 6.45) is 3.02. The topological polar surface area (TPSA) is 34.2 Å². The summed E-state index contributed by atoms with van der Waals surface area (Å²) >= 11 is 1.79. The van der Waals surface area contributed by atoms with Gasteiger partial charge in [-0.15, -0.1) is 11.3 Å². The van der Waals surface area contributed by atoms with Crippen molar-refractivity contribution in [1.29, 1.82) is 0 Å². The van der Waals surface area contributed by atoms with Gasteiger partial charge in [0.05, 0.1) is 20.8 Å². The third-order valence-electron chi connectivity index (χ3n) is 4.26. The van der Waals surface area contributed by atoms with E-state index in [4.69, 9.17) is 9.72 Å². The molecule has 0 fully saturated rings. The average molecular weight is 306 g/mol. The molecule has 21 heavy (non-hydrogen) atoms. The van der Waals surface area contributed by atoms with E-state index in [0.29, 0.717) is 0 Å². The van der Waals surface area contributed by atoms with Crippen molar-refractivity contribution in [2.75, 3.05) is 13.7 Å². The summed E-state index contributed by atoms with van der Waals surface area (Å²) in [5, 5.41) is 4.83. The Hall–Kier alpha value is -0.970. The lowest BCUT2D eigenvalue weighted by Crippen LogP contribution is -2.51. The molecule has 0 aliphatic rings. The van der Waals surface area contributed by atoms with Gasteiger partial charge in [-0.2, -0.15) is 0 Å². The van der Waals surface area contributed by atoms with Crippen molar-refractivity contribution < 1.29 is 4.74 Å². The van der Waals surface area contributed by atoms with E-state index in [2.05, 4.69) is 44.3 Å². The lowest BCUT2D eigenvalue weighted by Gasteiger charge is -2.36. The number of aromatic nitrogens is 1. The van der Waals surface area contributed by atoms with Gasteiger partial charge < -0.3 is 10.1 Å². The number of hydrogen-bond acceptors (Lipinski definition) is 4. The normalized spacial score (nSPS) is 16.0. The highest BCUT2D eigenvalue weighted by molar-refractivity contribution is 7.18. The van der Waals surface area contributed by atoms with Gasteiger partial charge in [0.25, 0.3) is 0 Å². The molecule has 2 aromatic rings. The Morgan fingerprint density at radius 1 is 1.33 bits per heavy atom. The quantitative estimate of drug-likeness (QED) is 0.800. The van der Waals surface area contributed by atoms with Gasteiger partial charge in [0.2, 0.25) is 0 Å². The van der Waals surface area contributed by atoms with Crippen molar-refractivity contribution in [3.63, 3.8) is 0 Å². The van der Waals surface area contributed by atoms with E-state index in [-0.39, 0.29) is 11.6 Å². The molecule has 1 aromatic carbocycles. The largest absolute Gasteiger partial charge is 0.377 e. The predicted molar refractivity (Wildman–Crippen MR) is 91.1 cm³/mol. The zero-order chi connectivity index (χ0) is 15.3. The van der Waals surface area contributed by atoms with E-state index in [1.54, 1.807) is 11.3 Å². The third kappa shape index (κ3) is 3.82. The smallest absolute Gasteiger partial charge is 0.0955 e. The summed E-state index contributed by atoms with van der Waals surface area (Å²) < 4.78 is 7.07. The van der Waals surface area contributed by atoms with Crippen molar-refractivity contribution >= 4 is 21.6 Å². The predicted octanol–water partition coefficient (Wildman–Crippen LogP) is 4.02. The highest BCUT2D eigenvalue weighted by atomic mass is 32.1. The Labute approximate surface area is 131 Å². The molecule has 1 aromatic heterocycles. The molecule has 3 nitrogen and oxygen atoms in total. The summed E-state index contributed by atoms with van der Waals surface area (Å²) in [7, 11) is 1.81. The number of fused-ring (bicyclic) bond motifs is 1. The van der Waals surface area contributed by atoms with E-state index in [9.17, 15) is 0 Å². The van der Waals surface area contributed by atoms with E-state index >= 15 is 0 Å². The van der Waals surface area contributed by atoms with Crippen LogP contribution in [-0.4, -0.2) is 30.3 Å².